The third kappa shape index (κ3) is 5.06. The first kappa shape index (κ1) is 31.9. The van der Waals surface area contributed by atoms with Gasteiger partial charge in [0.25, 0.3) is 0 Å². The highest BCUT2D eigenvalue weighted by atomic mass is 15.2. The number of para-hydroxylation sites is 3. The van der Waals surface area contributed by atoms with Crippen LogP contribution < -0.4 is 0 Å². The maximum Gasteiger partial charge on any atom is 0.238 e. The molecule has 5 heteroatoms. The molecule has 0 saturated heterocycles. The maximum absolute atomic E-state index is 5.42. The number of fused-ring (bicyclic) bond motifs is 7. The Kier molecular flexibility index (Phi) is 7.42. The van der Waals surface area contributed by atoms with Crippen molar-refractivity contribution >= 4 is 43.6 Å². The minimum absolute atomic E-state index is 0.559. The molecule has 3 heterocycles. The summed E-state index contributed by atoms with van der Waals surface area (Å²) in [5.74, 6) is 1.78. The zero-order valence-corrected chi connectivity index (χ0v) is 30.3. The summed E-state index contributed by atoms with van der Waals surface area (Å²) in [5, 5.41) is 4.60. The van der Waals surface area contributed by atoms with Crippen LogP contribution in [-0.2, 0) is 0 Å². The van der Waals surface area contributed by atoms with E-state index in [0.717, 1.165) is 77.3 Å². The van der Waals surface area contributed by atoms with Crippen molar-refractivity contribution in [3.05, 3.63) is 200 Å². The standard InChI is InChI=1S/C51H33N5/c1-4-18-34(19-5-1)37-24-10-11-28-43(37)50-52-49(36-22-8-3-9-23-36)53-51(54-50)56-46-31-17-14-27-40(46)42-33-32-41-39-26-13-16-30-45(39)55(47(41)48(42)56)44-29-15-12-25-38(44)35-20-6-2-7-21-35/h1-33H. The largest absolute Gasteiger partial charge is 0.307 e. The van der Waals surface area contributed by atoms with Crippen LogP contribution >= 0.6 is 0 Å². The Bertz CT molecular complexity index is 3240. The highest BCUT2D eigenvalue weighted by Gasteiger charge is 2.24. The number of hydrogen-bond donors (Lipinski definition) is 0. The Labute approximate surface area is 323 Å². The average molecular weight is 716 g/mol. The topological polar surface area (TPSA) is 48.5 Å². The lowest BCUT2D eigenvalue weighted by atomic mass is 9.99. The van der Waals surface area contributed by atoms with E-state index in [0.29, 0.717) is 17.6 Å². The van der Waals surface area contributed by atoms with E-state index in [1.54, 1.807) is 0 Å². The van der Waals surface area contributed by atoms with Gasteiger partial charge in [0.05, 0.1) is 27.8 Å². The molecule has 3 aromatic heterocycles. The highest BCUT2D eigenvalue weighted by Crippen LogP contribution is 2.43. The van der Waals surface area contributed by atoms with E-state index in [4.69, 9.17) is 15.0 Å². The second-order valence-corrected chi connectivity index (χ2v) is 14.0. The summed E-state index contributed by atoms with van der Waals surface area (Å²) in [7, 11) is 0. The van der Waals surface area contributed by atoms with Crippen LogP contribution in [-0.4, -0.2) is 24.1 Å². The van der Waals surface area contributed by atoms with E-state index < -0.39 is 0 Å². The van der Waals surface area contributed by atoms with Gasteiger partial charge < -0.3 is 4.57 Å². The second-order valence-electron chi connectivity index (χ2n) is 14.0. The highest BCUT2D eigenvalue weighted by molar-refractivity contribution is 6.24. The molecule has 0 fully saturated rings. The van der Waals surface area contributed by atoms with Gasteiger partial charge in [-0.25, -0.2) is 4.98 Å². The first-order valence-electron chi connectivity index (χ1n) is 18.9. The Balaban J connectivity index is 1.29. The zero-order chi connectivity index (χ0) is 37.0. The van der Waals surface area contributed by atoms with Crippen LogP contribution in [0, 0.1) is 0 Å². The van der Waals surface area contributed by atoms with Crippen LogP contribution in [0.1, 0.15) is 0 Å². The molecule has 0 saturated carbocycles. The number of rotatable bonds is 6. The number of benzene rings is 8. The fraction of sp³-hybridized carbons (Fsp3) is 0. The summed E-state index contributed by atoms with van der Waals surface area (Å²) >= 11 is 0. The Morgan fingerprint density at radius 3 is 1.38 bits per heavy atom. The fourth-order valence-corrected chi connectivity index (χ4v) is 8.34. The molecule has 11 rings (SSSR count). The van der Waals surface area contributed by atoms with Gasteiger partial charge in [-0.1, -0.05) is 182 Å². The average Bonchev–Trinajstić information content (AvgIpc) is 3.80. The Morgan fingerprint density at radius 2 is 0.732 bits per heavy atom. The molecular formula is C51H33N5. The SMILES string of the molecule is c1ccc(-c2nc(-c3ccccc3-c3ccccc3)nc(-n3c4ccccc4c4ccc5c6ccccc6n(-c6ccccc6-c6ccccc6)c5c43)n2)cc1. The molecule has 8 aromatic carbocycles. The molecular weight excluding hydrogens is 683 g/mol. The van der Waals surface area contributed by atoms with Gasteiger partial charge in [0.2, 0.25) is 5.95 Å². The van der Waals surface area contributed by atoms with Gasteiger partial charge in [-0.05, 0) is 34.9 Å². The molecule has 0 aliphatic carbocycles. The smallest absolute Gasteiger partial charge is 0.238 e. The predicted molar refractivity (Wildman–Crippen MR) is 230 cm³/mol. The lowest BCUT2D eigenvalue weighted by molar-refractivity contribution is 0.953. The molecule has 0 unspecified atom stereocenters. The van der Waals surface area contributed by atoms with E-state index in [-0.39, 0.29) is 0 Å². The lowest BCUT2D eigenvalue weighted by Gasteiger charge is -2.16. The Morgan fingerprint density at radius 1 is 0.286 bits per heavy atom. The van der Waals surface area contributed by atoms with Gasteiger partial charge in [0.15, 0.2) is 11.6 Å². The van der Waals surface area contributed by atoms with Crippen molar-refractivity contribution in [2.24, 2.45) is 0 Å². The van der Waals surface area contributed by atoms with E-state index in [2.05, 4.69) is 185 Å². The first-order valence-corrected chi connectivity index (χ1v) is 18.9. The van der Waals surface area contributed by atoms with Crippen molar-refractivity contribution < 1.29 is 0 Å². The molecule has 0 radical (unpaired) electrons. The zero-order valence-electron chi connectivity index (χ0n) is 30.3. The monoisotopic (exact) mass is 715 g/mol. The summed E-state index contributed by atoms with van der Waals surface area (Å²) in [6, 6.07) is 70.2. The van der Waals surface area contributed by atoms with Crippen LogP contribution in [0.25, 0.3) is 100 Å². The number of hydrogen-bond acceptors (Lipinski definition) is 3. The van der Waals surface area contributed by atoms with E-state index >= 15 is 0 Å². The molecule has 0 N–H and O–H groups in total. The second kappa shape index (κ2) is 13.0. The molecule has 0 bridgehead atoms. The minimum Gasteiger partial charge on any atom is -0.307 e. The summed E-state index contributed by atoms with van der Waals surface area (Å²) < 4.78 is 4.70. The van der Waals surface area contributed by atoms with Crippen LogP contribution in [0.5, 0.6) is 0 Å². The number of nitrogens with zero attached hydrogens (tertiary/aromatic N) is 5. The summed E-state index contributed by atoms with van der Waals surface area (Å²) in [5.41, 5.74) is 11.7. The van der Waals surface area contributed by atoms with E-state index in [1.165, 1.54) is 5.39 Å². The molecule has 0 atom stereocenters. The summed E-state index contributed by atoms with van der Waals surface area (Å²) in [4.78, 5) is 15.9. The van der Waals surface area contributed by atoms with Crippen LogP contribution in [0.4, 0.5) is 0 Å². The predicted octanol–water partition coefficient (Wildman–Crippen LogP) is 12.7. The van der Waals surface area contributed by atoms with E-state index in [1.807, 2.05) is 24.3 Å². The van der Waals surface area contributed by atoms with Crippen molar-refractivity contribution in [3.8, 4) is 56.7 Å². The third-order valence-corrected chi connectivity index (χ3v) is 10.8. The third-order valence-electron chi connectivity index (χ3n) is 10.8. The molecule has 0 aliphatic heterocycles. The van der Waals surface area contributed by atoms with Crippen molar-refractivity contribution in [2.45, 2.75) is 0 Å². The van der Waals surface area contributed by atoms with Gasteiger partial charge in [0.1, 0.15) is 0 Å². The van der Waals surface area contributed by atoms with Crippen molar-refractivity contribution in [1.29, 1.82) is 0 Å². The van der Waals surface area contributed by atoms with Crippen molar-refractivity contribution in [3.63, 3.8) is 0 Å². The fourth-order valence-electron chi connectivity index (χ4n) is 8.34. The molecule has 11 aromatic rings. The molecule has 0 aliphatic rings. The van der Waals surface area contributed by atoms with Gasteiger partial charge >= 0.3 is 0 Å². The lowest BCUT2D eigenvalue weighted by Crippen LogP contribution is -2.07. The summed E-state index contributed by atoms with van der Waals surface area (Å²) in [6.45, 7) is 0. The molecule has 56 heavy (non-hydrogen) atoms. The van der Waals surface area contributed by atoms with E-state index in [9.17, 15) is 0 Å². The first-order chi connectivity index (χ1) is 27.8. The minimum atomic E-state index is 0.559. The quantitative estimate of drug-likeness (QED) is 0.172. The summed E-state index contributed by atoms with van der Waals surface area (Å²) in [6.07, 6.45) is 0. The van der Waals surface area contributed by atoms with Crippen molar-refractivity contribution in [2.75, 3.05) is 0 Å². The van der Waals surface area contributed by atoms with Gasteiger partial charge in [-0.2, -0.15) is 9.97 Å². The van der Waals surface area contributed by atoms with Crippen LogP contribution in [0.15, 0.2) is 200 Å². The van der Waals surface area contributed by atoms with Crippen LogP contribution in [0.3, 0.4) is 0 Å². The number of aromatic nitrogens is 5. The molecule has 0 amide bonds. The van der Waals surface area contributed by atoms with Crippen LogP contribution in [0.2, 0.25) is 0 Å². The maximum atomic E-state index is 5.42. The van der Waals surface area contributed by atoms with Gasteiger partial charge in [-0.3, -0.25) is 4.57 Å². The van der Waals surface area contributed by atoms with Gasteiger partial charge in [0, 0.05) is 38.2 Å². The molecule has 262 valence electrons. The molecule has 5 nitrogen and oxygen atoms in total. The molecule has 0 spiro atoms. The normalized spacial score (nSPS) is 11.6. The Hall–Kier alpha value is -7.63. The van der Waals surface area contributed by atoms with Crippen molar-refractivity contribution in [1.82, 2.24) is 24.1 Å². The van der Waals surface area contributed by atoms with Gasteiger partial charge in [-0.15, -0.1) is 0 Å².